The fourth-order valence-corrected chi connectivity index (χ4v) is 3.86. The summed E-state index contributed by atoms with van der Waals surface area (Å²) in [6, 6.07) is 5.74. The first-order chi connectivity index (χ1) is 15.6. The van der Waals surface area contributed by atoms with E-state index in [0.29, 0.717) is 22.9 Å². The number of carbonyl (C=O) groups is 1. The highest BCUT2D eigenvalue weighted by molar-refractivity contribution is 7.90. The zero-order valence-electron chi connectivity index (χ0n) is 16.6. The van der Waals surface area contributed by atoms with E-state index in [0.717, 1.165) is 24.3 Å². The molecule has 0 spiro atoms. The summed E-state index contributed by atoms with van der Waals surface area (Å²) < 4.78 is 108. The van der Waals surface area contributed by atoms with E-state index in [-0.39, 0.29) is 10.7 Å². The molecule has 34 heavy (non-hydrogen) atoms. The molecule has 182 valence electrons. The van der Waals surface area contributed by atoms with Gasteiger partial charge in [0.25, 0.3) is 15.9 Å². The SMILES string of the molecule is Cc1c(C(=O)NS(=O)(=O)c2ccc(OC(F)(F)F)cc2)nnn1-c1ccc(Cl)cc1C(F)(F)F. The first-order valence-electron chi connectivity index (χ1n) is 8.81. The van der Waals surface area contributed by atoms with Gasteiger partial charge in [0, 0.05) is 5.02 Å². The van der Waals surface area contributed by atoms with E-state index in [1.165, 1.54) is 6.92 Å². The number of benzene rings is 2. The molecule has 2 aromatic carbocycles. The van der Waals surface area contributed by atoms with Crippen molar-refractivity contribution in [2.24, 2.45) is 0 Å². The minimum atomic E-state index is -4.99. The van der Waals surface area contributed by atoms with Crippen molar-refractivity contribution in [2.75, 3.05) is 0 Å². The number of nitrogens with zero attached hydrogens (tertiary/aromatic N) is 3. The van der Waals surface area contributed by atoms with Gasteiger partial charge in [-0.1, -0.05) is 16.8 Å². The summed E-state index contributed by atoms with van der Waals surface area (Å²) in [6.07, 6.45) is -9.82. The summed E-state index contributed by atoms with van der Waals surface area (Å²) in [5.41, 5.74) is -2.52. The summed E-state index contributed by atoms with van der Waals surface area (Å²) in [6.45, 7) is 1.18. The molecule has 1 amide bonds. The molecule has 0 fully saturated rings. The zero-order valence-corrected chi connectivity index (χ0v) is 18.1. The maximum absolute atomic E-state index is 13.4. The Kier molecular flexibility index (Phi) is 6.54. The fourth-order valence-electron chi connectivity index (χ4n) is 2.74. The maximum atomic E-state index is 13.4. The maximum Gasteiger partial charge on any atom is 0.573 e. The molecule has 0 radical (unpaired) electrons. The monoisotopic (exact) mass is 528 g/mol. The molecule has 16 heteroatoms. The fraction of sp³-hybridized carbons (Fsp3) is 0.167. The molecule has 3 rings (SSSR count). The van der Waals surface area contributed by atoms with Crippen LogP contribution in [0, 0.1) is 6.92 Å². The van der Waals surface area contributed by atoms with Crippen molar-refractivity contribution >= 4 is 27.5 Å². The van der Waals surface area contributed by atoms with Crippen molar-refractivity contribution in [3.05, 3.63) is 64.4 Å². The Labute approximate surface area is 192 Å². The van der Waals surface area contributed by atoms with E-state index in [1.807, 2.05) is 0 Å². The number of ether oxygens (including phenoxy) is 1. The minimum absolute atomic E-state index is 0.204. The highest BCUT2D eigenvalue weighted by Gasteiger charge is 2.36. The van der Waals surface area contributed by atoms with Crippen LogP contribution in [0.3, 0.4) is 0 Å². The molecule has 0 saturated carbocycles. The normalized spacial score (nSPS) is 12.5. The number of aromatic nitrogens is 3. The third kappa shape index (κ3) is 5.59. The van der Waals surface area contributed by atoms with E-state index in [2.05, 4.69) is 15.0 Å². The summed E-state index contributed by atoms with van der Waals surface area (Å²) in [5.74, 6) is -2.03. The molecule has 1 aromatic heterocycles. The van der Waals surface area contributed by atoms with Crippen LogP contribution in [-0.2, 0) is 16.2 Å². The Balaban J connectivity index is 1.88. The van der Waals surface area contributed by atoms with Crippen molar-refractivity contribution in [2.45, 2.75) is 24.4 Å². The first-order valence-corrected chi connectivity index (χ1v) is 10.7. The molecule has 1 heterocycles. The van der Waals surface area contributed by atoms with Gasteiger partial charge in [0.2, 0.25) is 0 Å². The van der Waals surface area contributed by atoms with Gasteiger partial charge in [-0.05, 0) is 49.4 Å². The molecule has 0 atom stereocenters. The Morgan fingerprint density at radius 3 is 2.24 bits per heavy atom. The topological polar surface area (TPSA) is 103 Å². The molecule has 0 bridgehead atoms. The highest BCUT2D eigenvalue weighted by Crippen LogP contribution is 2.36. The molecule has 0 aliphatic carbocycles. The van der Waals surface area contributed by atoms with Crippen molar-refractivity contribution in [3.63, 3.8) is 0 Å². The quantitative estimate of drug-likeness (QED) is 0.496. The van der Waals surface area contributed by atoms with E-state index < -0.39 is 56.1 Å². The summed E-state index contributed by atoms with van der Waals surface area (Å²) in [4.78, 5) is 11.9. The van der Waals surface area contributed by atoms with Crippen LogP contribution in [0.2, 0.25) is 5.02 Å². The van der Waals surface area contributed by atoms with E-state index in [9.17, 15) is 39.6 Å². The number of alkyl halides is 6. The Morgan fingerprint density at radius 2 is 1.68 bits per heavy atom. The Morgan fingerprint density at radius 1 is 1.06 bits per heavy atom. The lowest BCUT2D eigenvalue weighted by atomic mass is 10.1. The number of sulfonamides is 1. The zero-order chi connectivity index (χ0) is 25.5. The van der Waals surface area contributed by atoms with Gasteiger partial charge < -0.3 is 4.74 Å². The number of carbonyl (C=O) groups excluding carboxylic acids is 1. The lowest BCUT2D eigenvalue weighted by molar-refractivity contribution is -0.274. The second-order valence-electron chi connectivity index (χ2n) is 6.55. The van der Waals surface area contributed by atoms with Crippen LogP contribution in [0.1, 0.15) is 21.7 Å². The third-order valence-corrected chi connectivity index (χ3v) is 5.78. The number of hydrogen-bond donors (Lipinski definition) is 1. The lowest BCUT2D eigenvalue weighted by Gasteiger charge is -2.14. The Hall–Kier alpha value is -3.33. The molecule has 0 aliphatic heterocycles. The molecule has 1 N–H and O–H groups in total. The van der Waals surface area contributed by atoms with Gasteiger partial charge in [-0.2, -0.15) is 13.2 Å². The van der Waals surface area contributed by atoms with Gasteiger partial charge in [0.15, 0.2) is 5.69 Å². The van der Waals surface area contributed by atoms with Gasteiger partial charge in [-0.3, -0.25) is 4.79 Å². The van der Waals surface area contributed by atoms with Gasteiger partial charge >= 0.3 is 12.5 Å². The second kappa shape index (κ2) is 8.79. The molecular formula is C18H11ClF6N4O4S. The van der Waals surface area contributed by atoms with Crippen LogP contribution in [-0.4, -0.2) is 35.7 Å². The van der Waals surface area contributed by atoms with Gasteiger partial charge in [-0.25, -0.2) is 17.8 Å². The average molecular weight is 529 g/mol. The number of nitrogens with one attached hydrogen (secondary N) is 1. The van der Waals surface area contributed by atoms with Gasteiger partial charge in [-0.15, -0.1) is 18.3 Å². The summed E-state index contributed by atoms with van der Waals surface area (Å²) in [5, 5.41) is 6.76. The van der Waals surface area contributed by atoms with Crippen molar-refractivity contribution in [1.29, 1.82) is 0 Å². The van der Waals surface area contributed by atoms with Gasteiger partial charge in [0.1, 0.15) is 5.75 Å². The molecule has 0 saturated heterocycles. The molecule has 0 aliphatic rings. The van der Waals surface area contributed by atoms with Crippen molar-refractivity contribution in [1.82, 2.24) is 19.7 Å². The molecule has 0 unspecified atom stereocenters. The second-order valence-corrected chi connectivity index (χ2v) is 8.67. The van der Waals surface area contributed by atoms with E-state index >= 15 is 0 Å². The number of hydrogen-bond acceptors (Lipinski definition) is 6. The van der Waals surface area contributed by atoms with E-state index in [4.69, 9.17) is 11.6 Å². The first kappa shape index (κ1) is 25.3. The summed E-state index contributed by atoms with van der Waals surface area (Å²) >= 11 is 5.64. The Bertz CT molecular complexity index is 1340. The van der Waals surface area contributed by atoms with Crippen LogP contribution in [0.15, 0.2) is 47.4 Å². The molecular weight excluding hydrogens is 518 g/mol. The smallest absolute Gasteiger partial charge is 0.406 e. The summed E-state index contributed by atoms with van der Waals surface area (Å²) in [7, 11) is -4.59. The lowest BCUT2D eigenvalue weighted by Crippen LogP contribution is -2.31. The number of halogens is 7. The van der Waals surface area contributed by atoms with Crippen molar-refractivity contribution in [3.8, 4) is 11.4 Å². The van der Waals surface area contributed by atoms with Crippen LogP contribution >= 0.6 is 11.6 Å². The van der Waals surface area contributed by atoms with Crippen LogP contribution in [0.4, 0.5) is 26.3 Å². The minimum Gasteiger partial charge on any atom is -0.406 e. The standard InChI is InChI=1S/C18H11ClF6N4O4S/c1-9-15(26-28-29(9)14-7-2-10(19)8-13(14)17(20,21)22)16(30)27-34(31,32)12-5-3-11(4-6-12)33-18(23,24)25/h2-8H,1H3,(H,27,30). The largest absolute Gasteiger partial charge is 0.573 e. The average Bonchev–Trinajstić information content (AvgIpc) is 3.07. The third-order valence-electron chi connectivity index (χ3n) is 4.20. The molecule has 3 aromatic rings. The number of rotatable bonds is 5. The van der Waals surface area contributed by atoms with Crippen LogP contribution in [0.25, 0.3) is 5.69 Å². The number of amides is 1. The highest BCUT2D eigenvalue weighted by atomic mass is 35.5. The predicted molar refractivity (Wildman–Crippen MR) is 104 cm³/mol. The van der Waals surface area contributed by atoms with Crippen LogP contribution in [0.5, 0.6) is 5.75 Å². The molecule has 8 nitrogen and oxygen atoms in total. The van der Waals surface area contributed by atoms with Gasteiger partial charge in [0.05, 0.1) is 21.8 Å². The van der Waals surface area contributed by atoms with E-state index in [1.54, 1.807) is 4.72 Å². The van der Waals surface area contributed by atoms with Crippen molar-refractivity contribution < 1.29 is 44.3 Å². The predicted octanol–water partition coefficient (Wildman–Crippen LogP) is 4.27. The van der Waals surface area contributed by atoms with Crippen LogP contribution < -0.4 is 9.46 Å².